The van der Waals surface area contributed by atoms with Gasteiger partial charge < -0.3 is 19.6 Å². The molecule has 4 rings (SSSR count). The van der Waals surface area contributed by atoms with E-state index >= 15 is 0 Å². The van der Waals surface area contributed by atoms with E-state index in [0.29, 0.717) is 0 Å². The number of rotatable bonds is 5. The number of benzene rings is 2. The van der Waals surface area contributed by atoms with Crippen LogP contribution in [0.1, 0.15) is 11.1 Å². The number of nitrogens with zero attached hydrogens (tertiary/aromatic N) is 4. The van der Waals surface area contributed by atoms with E-state index in [9.17, 15) is 0 Å². The molecule has 2 aliphatic heterocycles. The molecule has 0 saturated carbocycles. The van der Waals surface area contributed by atoms with E-state index in [0.717, 1.165) is 26.4 Å². The highest BCUT2D eigenvalue weighted by molar-refractivity contribution is 5.65. The zero-order valence-electron chi connectivity index (χ0n) is 15.5. The Bertz CT molecular complexity index is 766. The molecule has 0 spiro atoms. The zero-order valence-corrected chi connectivity index (χ0v) is 15.5. The topological polar surface area (TPSA) is 13.0 Å². The van der Waals surface area contributed by atoms with Crippen molar-refractivity contribution in [1.29, 1.82) is 0 Å². The smallest absolute Gasteiger partial charge is 0.0894 e. The molecule has 0 bridgehead atoms. The molecule has 2 aromatic rings. The van der Waals surface area contributed by atoms with Crippen molar-refractivity contribution in [3.63, 3.8) is 0 Å². The van der Waals surface area contributed by atoms with Gasteiger partial charge in [0.05, 0.1) is 13.3 Å². The lowest BCUT2D eigenvalue weighted by Crippen LogP contribution is -2.23. The van der Waals surface area contributed by atoms with Gasteiger partial charge in [0.15, 0.2) is 0 Å². The highest BCUT2D eigenvalue weighted by Gasteiger charge is 2.13. The first-order valence-corrected chi connectivity index (χ1v) is 9.09. The van der Waals surface area contributed by atoms with Crippen LogP contribution in [0.25, 0.3) is 11.1 Å². The van der Waals surface area contributed by atoms with Crippen molar-refractivity contribution >= 4 is 0 Å². The molecule has 0 unspecified atom stereocenters. The largest absolute Gasteiger partial charge is 0.362 e. The molecule has 0 atom stereocenters. The second kappa shape index (κ2) is 7.16. The van der Waals surface area contributed by atoms with Gasteiger partial charge in [-0.15, -0.1) is 0 Å². The molecular formula is C22H26N4. The molecule has 4 heteroatoms. The molecule has 0 N–H and O–H groups in total. The van der Waals surface area contributed by atoms with Gasteiger partial charge in [0.1, 0.15) is 0 Å². The van der Waals surface area contributed by atoms with Crippen LogP contribution in [-0.2, 0) is 13.1 Å². The number of hydrogen-bond acceptors (Lipinski definition) is 4. The van der Waals surface area contributed by atoms with Crippen LogP contribution in [0.2, 0.25) is 0 Å². The molecule has 4 nitrogen and oxygen atoms in total. The van der Waals surface area contributed by atoms with Crippen molar-refractivity contribution in [2.45, 2.75) is 13.1 Å². The summed E-state index contributed by atoms with van der Waals surface area (Å²) in [5.74, 6) is 0. The van der Waals surface area contributed by atoms with Crippen LogP contribution in [-0.4, -0.2) is 47.0 Å². The van der Waals surface area contributed by atoms with Gasteiger partial charge >= 0.3 is 0 Å². The molecule has 0 aromatic heterocycles. The molecule has 0 radical (unpaired) electrons. The predicted octanol–water partition coefficient (Wildman–Crippen LogP) is 3.71. The monoisotopic (exact) mass is 346 g/mol. The maximum Gasteiger partial charge on any atom is 0.0894 e. The van der Waals surface area contributed by atoms with Gasteiger partial charge in [-0.2, -0.15) is 0 Å². The minimum atomic E-state index is 0.935. The van der Waals surface area contributed by atoms with Crippen molar-refractivity contribution in [2.24, 2.45) is 0 Å². The van der Waals surface area contributed by atoms with Crippen molar-refractivity contribution in [3.8, 4) is 11.1 Å². The van der Waals surface area contributed by atoms with Crippen molar-refractivity contribution in [2.75, 3.05) is 27.4 Å². The fourth-order valence-electron chi connectivity index (χ4n) is 3.59. The Morgan fingerprint density at radius 3 is 1.65 bits per heavy atom. The van der Waals surface area contributed by atoms with Crippen molar-refractivity contribution in [3.05, 3.63) is 84.5 Å². The standard InChI is InChI=1S/C22H26N4/c1-23-8-10-25(17-23)15-19-12-20(16-26-11-9-24(2)18-26)14-22(13-19)21-6-4-3-5-7-21/h3-14H,15-18H2,1-2H3. The maximum absolute atomic E-state index is 2.35. The van der Waals surface area contributed by atoms with Gasteiger partial charge in [0.25, 0.3) is 0 Å². The first-order valence-electron chi connectivity index (χ1n) is 9.09. The molecule has 2 heterocycles. The highest BCUT2D eigenvalue weighted by atomic mass is 15.3. The van der Waals surface area contributed by atoms with Gasteiger partial charge in [-0.05, 0) is 34.4 Å². The molecule has 26 heavy (non-hydrogen) atoms. The molecule has 2 aromatic carbocycles. The summed E-state index contributed by atoms with van der Waals surface area (Å²) in [6.07, 6.45) is 8.61. The van der Waals surface area contributed by atoms with Gasteiger partial charge in [-0.25, -0.2) is 0 Å². The van der Waals surface area contributed by atoms with Gasteiger partial charge in [-0.1, -0.05) is 36.4 Å². The molecule has 134 valence electrons. The van der Waals surface area contributed by atoms with E-state index < -0.39 is 0 Å². The van der Waals surface area contributed by atoms with Crippen LogP contribution in [0, 0.1) is 0 Å². The average molecular weight is 346 g/mol. The Morgan fingerprint density at radius 2 is 1.19 bits per heavy atom. The van der Waals surface area contributed by atoms with Crippen LogP contribution < -0.4 is 0 Å². The molecule has 0 saturated heterocycles. The summed E-state index contributed by atoms with van der Waals surface area (Å²) in [5.41, 5.74) is 5.29. The predicted molar refractivity (Wildman–Crippen MR) is 107 cm³/mol. The Balaban J connectivity index is 1.61. The van der Waals surface area contributed by atoms with Gasteiger partial charge in [0, 0.05) is 52.0 Å². The van der Waals surface area contributed by atoms with E-state index in [-0.39, 0.29) is 0 Å². The molecule has 0 fully saturated rings. The highest BCUT2D eigenvalue weighted by Crippen LogP contribution is 2.25. The molecule has 2 aliphatic rings. The lowest BCUT2D eigenvalue weighted by atomic mass is 9.99. The van der Waals surface area contributed by atoms with E-state index in [1.807, 2.05) is 0 Å². The summed E-state index contributed by atoms with van der Waals surface area (Å²) in [7, 11) is 4.22. The Morgan fingerprint density at radius 1 is 0.654 bits per heavy atom. The lowest BCUT2D eigenvalue weighted by molar-refractivity contribution is 0.287. The van der Waals surface area contributed by atoms with E-state index in [2.05, 4.69) is 107 Å². The van der Waals surface area contributed by atoms with Crippen LogP contribution in [0.15, 0.2) is 73.3 Å². The first-order chi connectivity index (χ1) is 12.7. The van der Waals surface area contributed by atoms with E-state index in [1.54, 1.807) is 0 Å². The average Bonchev–Trinajstić information content (AvgIpc) is 3.23. The first kappa shape index (κ1) is 16.6. The Labute approximate surface area is 156 Å². The fourth-order valence-corrected chi connectivity index (χ4v) is 3.59. The van der Waals surface area contributed by atoms with Crippen LogP contribution in [0.5, 0.6) is 0 Å². The zero-order chi connectivity index (χ0) is 17.9. The van der Waals surface area contributed by atoms with Crippen LogP contribution in [0.3, 0.4) is 0 Å². The third-order valence-corrected chi connectivity index (χ3v) is 4.80. The van der Waals surface area contributed by atoms with E-state index in [4.69, 9.17) is 0 Å². The second-order valence-corrected chi connectivity index (χ2v) is 7.29. The van der Waals surface area contributed by atoms with Crippen molar-refractivity contribution in [1.82, 2.24) is 19.6 Å². The van der Waals surface area contributed by atoms with Gasteiger partial charge in [0.2, 0.25) is 0 Å². The Hall–Kier alpha value is -2.88. The third kappa shape index (κ3) is 3.85. The van der Waals surface area contributed by atoms with Crippen LogP contribution >= 0.6 is 0 Å². The van der Waals surface area contributed by atoms with Crippen LogP contribution in [0.4, 0.5) is 0 Å². The quantitative estimate of drug-likeness (QED) is 0.818. The summed E-state index contributed by atoms with van der Waals surface area (Å²) >= 11 is 0. The summed E-state index contributed by atoms with van der Waals surface area (Å²) in [5, 5.41) is 0. The second-order valence-electron chi connectivity index (χ2n) is 7.29. The summed E-state index contributed by atoms with van der Waals surface area (Å²) in [6.45, 7) is 3.77. The number of hydrogen-bond donors (Lipinski definition) is 0. The Kier molecular flexibility index (Phi) is 4.57. The van der Waals surface area contributed by atoms with Gasteiger partial charge in [-0.3, -0.25) is 0 Å². The fraction of sp³-hybridized carbons (Fsp3) is 0.273. The molecule has 0 aliphatic carbocycles. The summed E-state index contributed by atoms with van der Waals surface area (Å²) in [4.78, 5) is 9.09. The third-order valence-electron chi connectivity index (χ3n) is 4.80. The van der Waals surface area contributed by atoms with Crippen molar-refractivity contribution < 1.29 is 0 Å². The summed E-state index contributed by atoms with van der Waals surface area (Å²) < 4.78 is 0. The normalized spacial score (nSPS) is 16.2. The minimum Gasteiger partial charge on any atom is -0.362 e. The minimum absolute atomic E-state index is 0.935. The molecular weight excluding hydrogens is 320 g/mol. The lowest BCUT2D eigenvalue weighted by Gasteiger charge is -2.21. The summed E-state index contributed by atoms with van der Waals surface area (Å²) in [6, 6.07) is 17.7. The maximum atomic E-state index is 2.35. The SMILES string of the molecule is CN1C=CN(Cc2cc(CN3C=CN(C)C3)cc(-c3ccccc3)c2)C1. The molecule has 0 amide bonds. The van der Waals surface area contributed by atoms with E-state index in [1.165, 1.54) is 22.3 Å².